The fourth-order valence-corrected chi connectivity index (χ4v) is 1.54. The molecule has 0 amide bonds. The molecule has 1 unspecified atom stereocenters. The van der Waals surface area contributed by atoms with E-state index < -0.39 is 0 Å². The summed E-state index contributed by atoms with van der Waals surface area (Å²) < 4.78 is 9.69. The van der Waals surface area contributed by atoms with E-state index in [1.54, 1.807) is 0 Å². The Morgan fingerprint density at radius 2 is 1.60 bits per heavy atom. The van der Waals surface area contributed by atoms with Gasteiger partial charge in [0.25, 0.3) is 0 Å². The van der Waals surface area contributed by atoms with Crippen LogP contribution in [0.25, 0.3) is 0 Å². The number of likely N-dealkylation sites (N-methyl/N-ethyl adjacent to an activating group) is 1. The maximum Gasteiger partial charge on any atom is 0.330 e. The molecule has 0 aliphatic carbocycles. The van der Waals surface area contributed by atoms with Gasteiger partial charge < -0.3 is 14.4 Å². The molecule has 0 saturated carbocycles. The number of alkyl halides is 1. The number of halogens is 1. The molecule has 0 aliphatic rings. The van der Waals surface area contributed by atoms with Crippen molar-refractivity contribution in [2.24, 2.45) is 5.92 Å². The Bertz CT molecular complexity index is 346. The molecule has 0 aliphatic heterocycles. The minimum atomic E-state index is -0.359. The summed E-state index contributed by atoms with van der Waals surface area (Å²) >= 11 is 4.64. The summed E-state index contributed by atoms with van der Waals surface area (Å²) in [5.74, 6) is -0.152. The number of unbranched alkanes of at least 4 members (excludes halogenated alkanes) is 1. The Balaban J connectivity index is -0.000000362. The number of nitrogens with zero attached hydrogens (tertiary/aromatic N) is 1. The van der Waals surface area contributed by atoms with Gasteiger partial charge in [0.15, 0.2) is 0 Å². The number of ether oxygens (including phenoxy) is 2. The lowest BCUT2D eigenvalue weighted by molar-refractivity contribution is -0.139. The van der Waals surface area contributed by atoms with Gasteiger partial charge in [-0.25, -0.2) is 9.59 Å². The van der Waals surface area contributed by atoms with E-state index in [2.05, 4.69) is 38.6 Å². The second-order valence-corrected chi connectivity index (χ2v) is 5.43. The predicted molar refractivity (Wildman–Crippen MR) is 106 cm³/mol. The minimum Gasteiger partial charge on any atom is -0.462 e. The van der Waals surface area contributed by atoms with E-state index in [1.165, 1.54) is 25.3 Å². The smallest absolute Gasteiger partial charge is 0.330 e. The Morgan fingerprint density at radius 1 is 1.08 bits per heavy atom. The van der Waals surface area contributed by atoms with E-state index in [9.17, 15) is 9.59 Å². The molecule has 0 rings (SSSR count). The molecule has 5 nitrogen and oxygen atoms in total. The number of carbonyl (C=O) groups is 2. The normalized spacial score (nSPS) is 10.4. The Hall–Kier alpha value is -1.33. The lowest BCUT2D eigenvalue weighted by Crippen LogP contribution is -2.19. The Labute approximate surface area is 159 Å². The van der Waals surface area contributed by atoms with Crippen molar-refractivity contribution in [2.45, 2.75) is 39.5 Å². The molecular formula is C19H36ClNO4. The first-order valence-electron chi connectivity index (χ1n) is 8.52. The lowest BCUT2D eigenvalue weighted by Gasteiger charge is -2.13. The van der Waals surface area contributed by atoms with Crippen molar-refractivity contribution < 1.29 is 19.1 Å². The van der Waals surface area contributed by atoms with Crippen molar-refractivity contribution in [3.63, 3.8) is 0 Å². The average Bonchev–Trinajstić information content (AvgIpc) is 2.63. The van der Waals surface area contributed by atoms with Crippen LogP contribution < -0.4 is 0 Å². The van der Waals surface area contributed by atoms with E-state index >= 15 is 0 Å². The average molecular weight is 378 g/mol. The van der Waals surface area contributed by atoms with Gasteiger partial charge in [-0.05, 0) is 26.4 Å². The number of rotatable bonds is 11. The van der Waals surface area contributed by atoms with Gasteiger partial charge in [-0.3, -0.25) is 0 Å². The summed E-state index contributed by atoms with van der Waals surface area (Å²) in [5.41, 5.74) is 0. The third-order valence-electron chi connectivity index (χ3n) is 3.12. The topological polar surface area (TPSA) is 55.8 Å². The van der Waals surface area contributed by atoms with Crippen LogP contribution in [-0.4, -0.2) is 57.1 Å². The molecule has 0 spiro atoms. The molecule has 0 aromatic carbocycles. The fraction of sp³-hybridized carbons (Fsp3) is 0.684. The molecule has 1 atom stereocenters. The highest BCUT2D eigenvalue weighted by atomic mass is 35.5. The number of hydrogen-bond acceptors (Lipinski definition) is 5. The van der Waals surface area contributed by atoms with Crippen molar-refractivity contribution in [1.82, 2.24) is 4.90 Å². The van der Waals surface area contributed by atoms with Gasteiger partial charge in [0.1, 0.15) is 6.61 Å². The second kappa shape index (κ2) is 22.7. The van der Waals surface area contributed by atoms with Gasteiger partial charge >= 0.3 is 11.9 Å². The number of esters is 2. The van der Waals surface area contributed by atoms with Crippen molar-refractivity contribution in [1.29, 1.82) is 0 Å². The zero-order valence-electron chi connectivity index (χ0n) is 16.6. The molecule has 0 bridgehead atoms. The fourth-order valence-electron chi connectivity index (χ4n) is 1.54. The molecular weight excluding hydrogens is 342 g/mol. The monoisotopic (exact) mass is 377 g/mol. The maximum atomic E-state index is 10.8. The van der Waals surface area contributed by atoms with Gasteiger partial charge in [0.2, 0.25) is 0 Å². The van der Waals surface area contributed by atoms with E-state index in [-0.39, 0.29) is 11.9 Å². The van der Waals surface area contributed by atoms with E-state index in [0.29, 0.717) is 19.1 Å². The Morgan fingerprint density at radius 3 is 2.00 bits per heavy atom. The first kappa shape index (κ1) is 28.5. The van der Waals surface area contributed by atoms with Gasteiger partial charge in [0, 0.05) is 25.1 Å². The van der Waals surface area contributed by atoms with Crippen LogP contribution in [0.5, 0.6) is 0 Å². The lowest BCUT2D eigenvalue weighted by atomic mass is 10.0. The summed E-state index contributed by atoms with van der Waals surface area (Å²) in [6, 6.07) is 0. The quantitative estimate of drug-likeness (QED) is 0.308. The van der Waals surface area contributed by atoms with Crippen molar-refractivity contribution in [3.8, 4) is 0 Å². The molecule has 0 aromatic rings. The van der Waals surface area contributed by atoms with Crippen molar-refractivity contribution in [2.75, 3.05) is 40.2 Å². The second-order valence-electron chi connectivity index (χ2n) is 5.43. The Kier molecular flexibility index (Phi) is 25.8. The van der Waals surface area contributed by atoms with Crippen LogP contribution in [0.15, 0.2) is 25.3 Å². The molecule has 25 heavy (non-hydrogen) atoms. The maximum absolute atomic E-state index is 10.8. The number of hydrogen-bond donors (Lipinski definition) is 0. The standard InChI is InChI=1S/C11H20O2.C7H13NO2.CH3Cl/c1-4-7-8-10(5-2)9-13-11(12)6-3;1-4-7(9)10-6-5-8(2)3;1-2/h6,10H,3-5,7-9H2,1-2H3;4H,1,5-6H2,2-3H3;1H3. The van der Waals surface area contributed by atoms with E-state index in [0.717, 1.165) is 25.5 Å². The van der Waals surface area contributed by atoms with Crippen LogP contribution in [0.3, 0.4) is 0 Å². The minimum absolute atomic E-state index is 0.310. The van der Waals surface area contributed by atoms with Crippen LogP contribution in [0.2, 0.25) is 0 Å². The van der Waals surface area contributed by atoms with Crippen LogP contribution in [0, 0.1) is 5.92 Å². The van der Waals surface area contributed by atoms with E-state index in [4.69, 9.17) is 9.47 Å². The first-order chi connectivity index (χ1) is 11.9. The first-order valence-corrected chi connectivity index (χ1v) is 9.27. The molecule has 0 heterocycles. The van der Waals surface area contributed by atoms with Gasteiger partial charge in [-0.15, -0.1) is 11.6 Å². The molecule has 0 N–H and O–H groups in total. The van der Waals surface area contributed by atoms with Crippen LogP contribution >= 0.6 is 11.6 Å². The highest BCUT2D eigenvalue weighted by Gasteiger charge is 2.07. The molecule has 0 saturated heterocycles. The largest absolute Gasteiger partial charge is 0.462 e. The van der Waals surface area contributed by atoms with Crippen LogP contribution in [0.1, 0.15) is 39.5 Å². The summed E-state index contributed by atoms with van der Waals surface area (Å²) in [4.78, 5) is 23.1. The highest BCUT2D eigenvalue weighted by molar-refractivity contribution is 6.15. The molecule has 0 radical (unpaired) electrons. The molecule has 148 valence electrons. The summed E-state index contributed by atoms with van der Waals surface area (Å²) in [6.45, 7) is 12.6. The zero-order chi connectivity index (χ0) is 20.1. The number of carbonyl (C=O) groups excluding carboxylic acids is 2. The van der Waals surface area contributed by atoms with Gasteiger partial charge in [-0.1, -0.05) is 46.3 Å². The molecule has 6 heteroatoms. The SMILES string of the molecule is C=CC(=O)OCC(CC)CCCC.C=CC(=O)OCCN(C)C.CCl. The molecule has 0 aromatic heterocycles. The molecule has 0 fully saturated rings. The highest BCUT2D eigenvalue weighted by Crippen LogP contribution is 2.12. The predicted octanol–water partition coefficient (Wildman–Crippen LogP) is 4.06. The van der Waals surface area contributed by atoms with Crippen molar-refractivity contribution in [3.05, 3.63) is 25.3 Å². The van der Waals surface area contributed by atoms with Crippen molar-refractivity contribution >= 4 is 23.5 Å². The zero-order valence-corrected chi connectivity index (χ0v) is 17.3. The summed E-state index contributed by atoms with van der Waals surface area (Å²) in [7, 11) is 3.84. The summed E-state index contributed by atoms with van der Waals surface area (Å²) in [6.07, 6.45) is 8.49. The van der Waals surface area contributed by atoms with Gasteiger partial charge in [0.05, 0.1) is 6.61 Å². The third kappa shape index (κ3) is 25.0. The van der Waals surface area contributed by atoms with Gasteiger partial charge in [-0.2, -0.15) is 0 Å². The summed E-state index contributed by atoms with van der Waals surface area (Å²) in [5, 5.41) is 0. The van der Waals surface area contributed by atoms with Crippen LogP contribution in [0.4, 0.5) is 0 Å². The van der Waals surface area contributed by atoms with E-state index in [1.807, 2.05) is 19.0 Å². The van der Waals surface area contributed by atoms with Crippen LogP contribution in [-0.2, 0) is 19.1 Å². The third-order valence-corrected chi connectivity index (χ3v) is 3.12.